The summed E-state index contributed by atoms with van der Waals surface area (Å²) in [6.07, 6.45) is 5.28. The van der Waals surface area contributed by atoms with Gasteiger partial charge in [-0.3, -0.25) is 9.69 Å². The van der Waals surface area contributed by atoms with E-state index < -0.39 is 5.41 Å². The Balaban J connectivity index is 1.29. The van der Waals surface area contributed by atoms with Crippen molar-refractivity contribution in [2.45, 2.75) is 25.7 Å². The third-order valence-corrected chi connectivity index (χ3v) is 7.48. The third kappa shape index (κ3) is 3.38. The Bertz CT molecular complexity index is 1210. The summed E-state index contributed by atoms with van der Waals surface area (Å²) in [7, 11) is 0. The Hall–Kier alpha value is -2.27. The number of amides is 1. The fourth-order valence-corrected chi connectivity index (χ4v) is 5.20. The van der Waals surface area contributed by atoms with Gasteiger partial charge in [0.15, 0.2) is 0 Å². The summed E-state index contributed by atoms with van der Waals surface area (Å²) in [4.78, 5) is 20.7. The zero-order valence-electron chi connectivity index (χ0n) is 17.7. The standard InChI is InChI=1S/C25H25Cl2N3O/c1-25(2)19-5-3-4-6-21(19)30(24(25)31)14-13-29-11-9-16(10-12-29)18-15-28-23-17(18)7-8-20(26)22(23)27/h3-9,15,28H,10-14H2,1-2H3. The highest BCUT2D eigenvalue weighted by atomic mass is 35.5. The number of fused-ring (bicyclic) bond motifs is 2. The van der Waals surface area contributed by atoms with Crippen molar-refractivity contribution >= 4 is 51.3 Å². The first-order chi connectivity index (χ1) is 14.9. The molecular formula is C25H25Cl2N3O. The van der Waals surface area contributed by atoms with Crippen molar-refractivity contribution in [1.29, 1.82) is 0 Å². The molecule has 160 valence electrons. The molecule has 3 heterocycles. The summed E-state index contributed by atoms with van der Waals surface area (Å²) in [6, 6.07) is 12.0. The Morgan fingerprint density at radius 1 is 1.10 bits per heavy atom. The molecule has 31 heavy (non-hydrogen) atoms. The van der Waals surface area contributed by atoms with Gasteiger partial charge in [-0.1, -0.05) is 53.5 Å². The minimum atomic E-state index is -0.453. The number of halogens is 2. The molecule has 0 saturated heterocycles. The molecule has 0 aliphatic carbocycles. The average Bonchev–Trinajstić information content (AvgIpc) is 3.29. The predicted molar refractivity (Wildman–Crippen MR) is 129 cm³/mol. The molecule has 1 N–H and O–H groups in total. The molecule has 0 saturated carbocycles. The van der Waals surface area contributed by atoms with Gasteiger partial charge in [0.25, 0.3) is 0 Å². The number of nitrogens with zero attached hydrogens (tertiary/aromatic N) is 2. The summed E-state index contributed by atoms with van der Waals surface area (Å²) < 4.78 is 0. The lowest BCUT2D eigenvalue weighted by atomic mass is 9.86. The maximum atomic E-state index is 13.0. The minimum absolute atomic E-state index is 0.191. The number of hydrogen-bond acceptors (Lipinski definition) is 2. The fourth-order valence-electron chi connectivity index (χ4n) is 4.83. The summed E-state index contributed by atoms with van der Waals surface area (Å²) in [5.41, 5.74) is 5.13. The van der Waals surface area contributed by atoms with Crippen molar-refractivity contribution in [2.75, 3.05) is 31.1 Å². The SMILES string of the molecule is CC1(C)C(=O)N(CCN2CC=C(c3c[nH]c4c(Cl)c(Cl)ccc34)CC2)c2ccccc21. The van der Waals surface area contributed by atoms with Crippen LogP contribution in [0.5, 0.6) is 0 Å². The van der Waals surface area contributed by atoms with E-state index in [0.29, 0.717) is 16.6 Å². The Labute approximate surface area is 192 Å². The number of hydrogen-bond donors (Lipinski definition) is 1. The molecule has 6 heteroatoms. The van der Waals surface area contributed by atoms with Gasteiger partial charge >= 0.3 is 0 Å². The quantitative estimate of drug-likeness (QED) is 0.534. The van der Waals surface area contributed by atoms with Gasteiger partial charge in [-0.05, 0) is 43.5 Å². The van der Waals surface area contributed by atoms with E-state index in [0.717, 1.165) is 48.2 Å². The van der Waals surface area contributed by atoms with Gasteiger partial charge in [-0.2, -0.15) is 0 Å². The van der Waals surface area contributed by atoms with Crippen LogP contribution in [0.4, 0.5) is 5.69 Å². The lowest BCUT2D eigenvalue weighted by molar-refractivity contribution is -0.122. The topological polar surface area (TPSA) is 39.3 Å². The summed E-state index contributed by atoms with van der Waals surface area (Å²) in [5, 5.41) is 2.24. The molecule has 5 rings (SSSR count). The number of carbonyl (C=O) groups is 1. The molecule has 0 fully saturated rings. The van der Waals surface area contributed by atoms with Crippen molar-refractivity contribution in [2.24, 2.45) is 0 Å². The molecule has 1 aromatic heterocycles. The fraction of sp³-hybridized carbons (Fsp3) is 0.320. The van der Waals surface area contributed by atoms with E-state index in [9.17, 15) is 4.79 Å². The second kappa shape index (κ2) is 7.70. The number of anilines is 1. The van der Waals surface area contributed by atoms with Crippen molar-refractivity contribution in [3.63, 3.8) is 0 Å². The highest BCUT2D eigenvalue weighted by Gasteiger charge is 2.43. The number of H-pyrrole nitrogens is 1. The third-order valence-electron chi connectivity index (χ3n) is 6.67. The van der Waals surface area contributed by atoms with Gasteiger partial charge in [0, 0.05) is 49.0 Å². The van der Waals surface area contributed by atoms with E-state index in [1.807, 2.05) is 49.2 Å². The lowest BCUT2D eigenvalue weighted by Crippen LogP contribution is -2.42. The highest BCUT2D eigenvalue weighted by molar-refractivity contribution is 6.45. The lowest BCUT2D eigenvalue weighted by Gasteiger charge is -2.29. The van der Waals surface area contributed by atoms with Crippen LogP contribution in [-0.4, -0.2) is 42.0 Å². The van der Waals surface area contributed by atoms with Crippen LogP contribution in [0.15, 0.2) is 48.7 Å². The van der Waals surface area contributed by atoms with Crippen LogP contribution in [0.1, 0.15) is 31.4 Å². The van der Waals surface area contributed by atoms with Crippen LogP contribution in [0.2, 0.25) is 10.0 Å². The van der Waals surface area contributed by atoms with Gasteiger partial charge in [0.05, 0.1) is 21.0 Å². The van der Waals surface area contributed by atoms with Gasteiger partial charge in [0.1, 0.15) is 0 Å². The van der Waals surface area contributed by atoms with Crippen LogP contribution < -0.4 is 4.90 Å². The Morgan fingerprint density at radius 3 is 2.68 bits per heavy atom. The van der Waals surface area contributed by atoms with Gasteiger partial charge < -0.3 is 9.88 Å². The monoisotopic (exact) mass is 453 g/mol. The smallest absolute Gasteiger partial charge is 0.237 e. The van der Waals surface area contributed by atoms with Crippen LogP contribution >= 0.6 is 23.2 Å². The molecular weight excluding hydrogens is 429 g/mol. The maximum absolute atomic E-state index is 13.0. The second-order valence-electron chi connectivity index (χ2n) is 8.87. The molecule has 0 spiro atoms. The summed E-state index contributed by atoms with van der Waals surface area (Å²) in [6.45, 7) is 7.44. The molecule has 0 unspecified atom stereocenters. The number of benzene rings is 2. The first kappa shape index (κ1) is 20.6. The van der Waals surface area contributed by atoms with Gasteiger partial charge in [-0.15, -0.1) is 0 Å². The molecule has 0 radical (unpaired) electrons. The van der Waals surface area contributed by atoms with Crippen LogP contribution in [0.3, 0.4) is 0 Å². The first-order valence-corrected chi connectivity index (χ1v) is 11.4. The summed E-state index contributed by atoms with van der Waals surface area (Å²) >= 11 is 12.5. The summed E-state index contributed by atoms with van der Waals surface area (Å²) in [5.74, 6) is 0.191. The first-order valence-electron chi connectivity index (χ1n) is 10.7. The van der Waals surface area contributed by atoms with E-state index in [1.165, 1.54) is 11.1 Å². The van der Waals surface area contributed by atoms with E-state index >= 15 is 0 Å². The molecule has 0 atom stereocenters. The van der Waals surface area contributed by atoms with E-state index in [2.05, 4.69) is 28.1 Å². The zero-order chi connectivity index (χ0) is 21.8. The zero-order valence-corrected chi connectivity index (χ0v) is 19.2. The van der Waals surface area contributed by atoms with E-state index in [-0.39, 0.29) is 5.91 Å². The number of nitrogens with one attached hydrogen (secondary N) is 1. The number of para-hydroxylation sites is 1. The number of carbonyl (C=O) groups excluding carboxylic acids is 1. The van der Waals surface area contributed by atoms with Gasteiger partial charge in [-0.25, -0.2) is 0 Å². The van der Waals surface area contributed by atoms with Gasteiger partial charge in [0.2, 0.25) is 5.91 Å². The maximum Gasteiger partial charge on any atom is 0.237 e. The minimum Gasteiger partial charge on any atom is -0.359 e. The number of aromatic nitrogens is 1. The van der Waals surface area contributed by atoms with E-state index in [1.54, 1.807) is 0 Å². The van der Waals surface area contributed by atoms with Crippen LogP contribution in [0.25, 0.3) is 16.5 Å². The number of rotatable bonds is 4. The molecule has 3 aromatic rings. The molecule has 4 nitrogen and oxygen atoms in total. The Morgan fingerprint density at radius 2 is 1.90 bits per heavy atom. The Kier molecular flexibility index (Phi) is 5.12. The van der Waals surface area contributed by atoms with Crippen molar-refractivity contribution in [1.82, 2.24) is 9.88 Å². The highest BCUT2D eigenvalue weighted by Crippen LogP contribution is 2.41. The molecule has 2 aliphatic rings. The van der Waals surface area contributed by atoms with Crippen molar-refractivity contribution in [3.8, 4) is 0 Å². The molecule has 2 aliphatic heterocycles. The normalized spacial score (nSPS) is 18.5. The molecule has 1 amide bonds. The van der Waals surface area contributed by atoms with Crippen LogP contribution in [-0.2, 0) is 10.2 Å². The predicted octanol–water partition coefficient (Wildman–Crippen LogP) is 5.89. The molecule has 0 bridgehead atoms. The van der Waals surface area contributed by atoms with E-state index in [4.69, 9.17) is 23.2 Å². The largest absolute Gasteiger partial charge is 0.359 e. The van der Waals surface area contributed by atoms with Crippen molar-refractivity contribution in [3.05, 3.63) is 69.8 Å². The van der Waals surface area contributed by atoms with Crippen molar-refractivity contribution < 1.29 is 4.79 Å². The number of aromatic amines is 1. The second-order valence-corrected chi connectivity index (χ2v) is 9.65. The molecule has 2 aromatic carbocycles. The average molecular weight is 454 g/mol. The van der Waals surface area contributed by atoms with Crippen LogP contribution in [0, 0.1) is 0 Å².